The Hall–Kier alpha value is -8.21. The third-order valence-electron chi connectivity index (χ3n) is 12.4. The predicted octanol–water partition coefficient (Wildman–Crippen LogP) is 14.5. The zero-order valence-corrected chi connectivity index (χ0v) is 33.6. The zero-order chi connectivity index (χ0) is 41.0. The molecule has 0 N–H and O–H groups in total. The molecule has 0 spiro atoms. The molecule has 0 saturated heterocycles. The highest BCUT2D eigenvalue weighted by atomic mass is 16.3. The standard InChI is InChI=1S/C58H37N3O/c1-4-17-38(18-5-1)40-21-14-23-42(35-40)55-59-56(43-24-15-22-41(36-43)39-19-6-2-7-20-39)61-57(60-55)49-29-16-32-52-54(49)48-34-33-45(37-53(48)62-52)58(44-25-8-3-9-26-44)50-30-12-10-27-46(50)47-28-11-13-31-51(47)58/h1-37H. The molecule has 2 aromatic heterocycles. The fourth-order valence-electron chi connectivity index (χ4n) is 9.65. The summed E-state index contributed by atoms with van der Waals surface area (Å²) in [5.74, 6) is 1.78. The van der Waals surface area contributed by atoms with Gasteiger partial charge in [-0.1, -0.05) is 200 Å². The van der Waals surface area contributed by atoms with Crippen molar-refractivity contribution in [1.29, 1.82) is 0 Å². The summed E-state index contributed by atoms with van der Waals surface area (Å²) in [6.07, 6.45) is 0. The molecule has 12 rings (SSSR count). The molecule has 290 valence electrons. The van der Waals surface area contributed by atoms with Crippen molar-refractivity contribution in [2.45, 2.75) is 5.41 Å². The van der Waals surface area contributed by atoms with Gasteiger partial charge in [-0.05, 0) is 79.9 Å². The molecule has 2 heterocycles. The van der Waals surface area contributed by atoms with E-state index < -0.39 is 5.41 Å². The van der Waals surface area contributed by atoms with Gasteiger partial charge >= 0.3 is 0 Å². The van der Waals surface area contributed by atoms with Gasteiger partial charge in [-0.2, -0.15) is 0 Å². The van der Waals surface area contributed by atoms with Gasteiger partial charge in [0, 0.05) is 27.5 Å². The van der Waals surface area contributed by atoms with E-state index in [4.69, 9.17) is 19.4 Å². The van der Waals surface area contributed by atoms with Gasteiger partial charge in [0.25, 0.3) is 0 Å². The van der Waals surface area contributed by atoms with E-state index >= 15 is 0 Å². The minimum absolute atomic E-state index is 0.537. The molecule has 1 aliphatic carbocycles. The summed E-state index contributed by atoms with van der Waals surface area (Å²) in [5.41, 5.74) is 15.6. The summed E-state index contributed by atoms with van der Waals surface area (Å²) in [6, 6.07) is 79.2. The van der Waals surface area contributed by atoms with Crippen molar-refractivity contribution in [2.75, 3.05) is 0 Å². The molecule has 11 aromatic rings. The first-order valence-corrected chi connectivity index (χ1v) is 21.0. The molecule has 62 heavy (non-hydrogen) atoms. The van der Waals surface area contributed by atoms with Crippen molar-refractivity contribution in [3.05, 3.63) is 247 Å². The van der Waals surface area contributed by atoms with Crippen LogP contribution in [0.2, 0.25) is 0 Å². The molecule has 4 heteroatoms. The highest BCUT2D eigenvalue weighted by Crippen LogP contribution is 2.56. The van der Waals surface area contributed by atoms with Crippen LogP contribution in [0.25, 0.3) is 89.5 Å². The lowest BCUT2D eigenvalue weighted by Crippen LogP contribution is -2.28. The Morgan fingerprint density at radius 2 is 0.774 bits per heavy atom. The van der Waals surface area contributed by atoms with Gasteiger partial charge in [0.2, 0.25) is 0 Å². The molecule has 0 fully saturated rings. The van der Waals surface area contributed by atoms with Gasteiger partial charge in [0.05, 0.1) is 5.41 Å². The highest BCUT2D eigenvalue weighted by molar-refractivity contribution is 6.12. The lowest BCUT2D eigenvalue weighted by atomic mass is 9.67. The second-order valence-corrected chi connectivity index (χ2v) is 15.9. The van der Waals surface area contributed by atoms with Gasteiger partial charge in [-0.15, -0.1) is 0 Å². The molecule has 1 aliphatic rings. The topological polar surface area (TPSA) is 51.8 Å². The van der Waals surface area contributed by atoms with E-state index in [9.17, 15) is 0 Å². The van der Waals surface area contributed by atoms with Crippen LogP contribution in [0.4, 0.5) is 0 Å². The van der Waals surface area contributed by atoms with Crippen molar-refractivity contribution in [3.63, 3.8) is 0 Å². The Bertz CT molecular complexity index is 3320. The molecule has 0 unspecified atom stereocenters. The summed E-state index contributed by atoms with van der Waals surface area (Å²) >= 11 is 0. The van der Waals surface area contributed by atoms with Gasteiger partial charge in [-0.3, -0.25) is 0 Å². The Balaban J connectivity index is 1.06. The largest absolute Gasteiger partial charge is 0.456 e. The molecule has 0 bridgehead atoms. The van der Waals surface area contributed by atoms with Gasteiger partial charge in [-0.25, -0.2) is 15.0 Å². The van der Waals surface area contributed by atoms with E-state index in [0.29, 0.717) is 17.5 Å². The molecule has 0 atom stereocenters. The van der Waals surface area contributed by atoms with Gasteiger partial charge in [0.1, 0.15) is 11.2 Å². The highest BCUT2D eigenvalue weighted by Gasteiger charge is 2.46. The second-order valence-electron chi connectivity index (χ2n) is 15.9. The second kappa shape index (κ2) is 14.5. The van der Waals surface area contributed by atoms with Crippen LogP contribution in [-0.2, 0) is 5.41 Å². The molecule has 9 aromatic carbocycles. The minimum Gasteiger partial charge on any atom is -0.456 e. The fourth-order valence-corrected chi connectivity index (χ4v) is 9.65. The van der Waals surface area contributed by atoms with Crippen molar-refractivity contribution >= 4 is 21.9 Å². The lowest BCUT2D eigenvalue weighted by Gasteiger charge is -2.33. The number of benzene rings is 9. The molecule has 0 radical (unpaired) electrons. The monoisotopic (exact) mass is 791 g/mol. The fraction of sp³-hybridized carbons (Fsp3) is 0.0172. The molecular formula is C58H37N3O. The number of fused-ring (bicyclic) bond motifs is 6. The number of furan rings is 1. The SMILES string of the molecule is c1ccc(-c2cccc(-c3nc(-c4cccc(-c5ccccc5)c4)nc(-c4cccc5oc6cc(C7(c8ccccc8)c8ccccc8-c8ccccc87)ccc6c45)n3)c2)cc1. The van der Waals surface area contributed by atoms with E-state index in [1.54, 1.807) is 0 Å². The third-order valence-corrected chi connectivity index (χ3v) is 12.4. The Labute approximate surface area is 359 Å². The number of aromatic nitrogens is 3. The normalized spacial score (nSPS) is 12.6. The number of rotatable bonds is 7. The van der Waals surface area contributed by atoms with Crippen LogP contribution < -0.4 is 0 Å². The Kier molecular flexibility index (Phi) is 8.36. The first-order chi connectivity index (χ1) is 30.7. The minimum atomic E-state index is -0.537. The summed E-state index contributed by atoms with van der Waals surface area (Å²) in [4.78, 5) is 15.7. The maximum atomic E-state index is 6.86. The number of hydrogen-bond acceptors (Lipinski definition) is 4. The van der Waals surface area contributed by atoms with Crippen LogP contribution in [0.5, 0.6) is 0 Å². The summed E-state index contributed by atoms with van der Waals surface area (Å²) < 4.78 is 6.86. The Morgan fingerprint density at radius 1 is 0.306 bits per heavy atom. The Morgan fingerprint density at radius 3 is 1.37 bits per heavy atom. The maximum Gasteiger partial charge on any atom is 0.164 e. The van der Waals surface area contributed by atoms with E-state index in [0.717, 1.165) is 66.4 Å². The zero-order valence-electron chi connectivity index (χ0n) is 33.6. The summed E-state index contributed by atoms with van der Waals surface area (Å²) in [7, 11) is 0. The molecule has 4 nitrogen and oxygen atoms in total. The molecule has 0 amide bonds. The number of nitrogens with zero attached hydrogens (tertiary/aromatic N) is 3. The number of hydrogen-bond donors (Lipinski definition) is 0. The van der Waals surface area contributed by atoms with Gasteiger partial charge < -0.3 is 4.42 Å². The van der Waals surface area contributed by atoms with Crippen LogP contribution in [0.15, 0.2) is 229 Å². The van der Waals surface area contributed by atoms with Crippen LogP contribution in [-0.4, -0.2) is 15.0 Å². The average molecular weight is 792 g/mol. The summed E-state index contributed by atoms with van der Waals surface area (Å²) in [5, 5.41) is 1.97. The van der Waals surface area contributed by atoms with Crippen molar-refractivity contribution in [3.8, 4) is 67.5 Å². The van der Waals surface area contributed by atoms with Crippen LogP contribution in [0.1, 0.15) is 22.3 Å². The van der Waals surface area contributed by atoms with Crippen molar-refractivity contribution in [1.82, 2.24) is 15.0 Å². The van der Waals surface area contributed by atoms with Crippen LogP contribution >= 0.6 is 0 Å². The predicted molar refractivity (Wildman–Crippen MR) is 252 cm³/mol. The summed E-state index contributed by atoms with van der Waals surface area (Å²) in [6.45, 7) is 0. The van der Waals surface area contributed by atoms with E-state index in [2.05, 4.69) is 200 Å². The van der Waals surface area contributed by atoms with Crippen LogP contribution in [0.3, 0.4) is 0 Å². The van der Waals surface area contributed by atoms with Crippen molar-refractivity contribution < 1.29 is 4.42 Å². The molecular weight excluding hydrogens is 755 g/mol. The van der Waals surface area contributed by atoms with E-state index in [1.165, 1.54) is 27.8 Å². The van der Waals surface area contributed by atoms with Crippen LogP contribution in [0, 0.1) is 0 Å². The third kappa shape index (κ3) is 5.72. The first-order valence-electron chi connectivity index (χ1n) is 21.0. The molecule has 0 saturated carbocycles. The molecule has 0 aliphatic heterocycles. The smallest absolute Gasteiger partial charge is 0.164 e. The van der Waals surface area contributed by atoms with E-state index in [1.807, 2.05) is 24.3 Å². The lowest BCUT2D eigenvalue weighted by molar-refractivity contribution is 0.665. The van der Waals surface area contributed by atoms with Gasteiger partial charge in [0.15, 0.2) is 17.5 Å². The maximum absolute atomic E-state index is 6.86. The average Bonchev–Trinajstić information content (AvgIpc) is 3.88. The quantitative estimate of drug-likeness (QED) is 0.161. The van der Waals surface area contributed by atoms with E-state index in [-0.39, 0.29) is 0 Å². The first kappa shape index (κ1) is 35.7. The van der Waals surface area contributed by atoms with Crippen molar-refractivity contribution in [2.24, 2.45) is 0 Å².